The summed E-state index contributed by atoms with van der Waals surface area (Å²) in [7, 11) is 0. The highest BCUT2D eigenvalue weighted by atomic mass is 35.5. The van der Waals surface area contributed by atoms with Gasteiger partial charge in [0.15, 0.2) is 6.61 Å². The van der Waals surface area contributed by atoms with E-state index in [2.05, 4.69) is 17.5 Å². The zero-order valence-electron chi connectivity index (χ0n) is 14.0. The second-order valence-electron chi connectivity index (χ2n) is 5.43. The molecule has 0 spiro atoms. The quantitative estimate of drug-likeness (QED) is 0.514. The van der Waals surface area contributed by atoms with Crippen molar-refractivity contribution in [3.63, 3.8) is 0 Å². The summed E-state index contributed by atoms with van der Waals surface area (Å²) in [5.41, 5.74) is 4.39. The maximum atomic E-state index is 12.0. The molecule has 2 aromatic carbocycles. The fraction of sp³-hybridized carbons (Fsp3) is 0.263. The molecule has 0 aromatic heterocycles. The molecule has 0 unspecified atom stereocenters. The maximum absolute atomic E-state index is 12.0. The molecule has 0 radical (unpaired) electrons. The van der Waals surface area contributed by atoms with Gasteiger partial charge in [-0.1, -0.05) is 66.9 Å². The van der Waals surface area contributed by atoms with E-state index in [0.29, 0.717) is 15.8 Å². The molecular formula is C19H20Cl2N2O2. The molecule has 1 N–H and O–H groups in total. The Balaban J connectivity index is 1.96. The summed E-state index contributed by atoms with van der Waals surface area (Å²) in [6.07, 6.45) is 2.85. The van der Waals surface area contributed by atoms with Gasteiger partial charge in [-0.3, -0.25) is 4.79 Å². The van der Waals surface area contributed by atoms with Gasteiger partial charge in [-0.25, -0.2) is 5.43 Å². The van der Waals surface area contributed by atoms with E-state index in [9.17, 15) is 4.79 Å². The Morgan fingerprint density at radius 1 is 1.16 bits per heavy atom. The number of unbranched alkanes of at least 4 members (excludes halogenated alkanes) is 1. The summed E-state index contributed by atoms with van der Waals surface area (Å²) >= 11 is 11.8. The molecule has 0 aliphatic heterocycles. The summed E-state index contributed by atoms with van der Waals surface area (Å²) in [6, 6.07) is 14.6. The van der Waals surface area contributed by atoms with Gasteiger partial charge >= 0.3 is 0 Å². The van der Waals surface area contributed by atoms with Gasteiger partial charge in [0, 0.05) is 5.02 Å². The number of rotatable bonds is 8. The van der Waals surface area contributed by atoms with Crippen LogP contribution < -0.4 is 10.2 Å². The van der Waals surface area contributed by atoms with E-state index in [1.54, 1.807) is 18.2 Å². The van der Waals surface area contributed by atoms with Crippen LogP contribution in [-0.4, -0.2) is 18.2 Å². The normalized spacial score (nSPS) is 11.2. The van der Waals surface area contributed by atoms with Gasteiger partial charge in [-0.05, 0) is 36.6 Å². The molecule has 0 saturated carbocycles. The van der Waals surface area contributed by atoms with Gasteiger partial charge < -0.3 is 4.74 Å². The minimum atomic E-state index is -0.351. The summed E-state index contributed by atoms with van der Waals surface area (Å²) in [4.78, 5) is 12.0. The van der Waals surface area contributed by atoms with Crippen LogP contribution in [0.25, 0.3) is 0 Å². The minimum Gasteiger partial charge on any atom is -0.482 e. The lowest BCUT2D eigenvalue weighted by Gasteiger charge is -2.09. The number of nitrogens with one attached hydrogen (secondary N) is 1. The van der Waals surface area contributed by atoms with E-state index >= 15 is 0 Å². The van der Waals surface area contributed by atoms with Gasteiger partial charge in [0.1, 0.15) is 5.75 Å². The molecule has 132 valence electrons. The molecule has 0 aliphatic carbocycles. The van der Waals surface area contributed by atoms with E-state index in [-0.39, 0.29) is 12.5 Å². The first-order valence-electron chi connectivity index (χ1n) is 8.09. The van der Waals surface area contributed by atoms with Gasteiger partial charge in [0.25, 0.3) is 5.91 Å². The highest BCUT2D eigenvalue weighted by Gasteiger charge is 2.08. The van der Waals surface area contributed by atoms with Crippen molar-refractivity contribution in [3.05, 3.63) is 64.1 Å². The fourth-order valence-electron chi connectivity index (χ4n) is 2.14. The van der Waals surface area contributed by atoms with Crippen molar-refractivity contribution < 1.29 is 9.53 Å². The Labute approximate surface area is 157 Å². The molecule has 0 bridgehead atoms. The smallest absolute Gasteiger partial charge is 0.277 e. The van der Waals surface area contributed by atoms with Crippen LogP contribution in [0, 0.1) is 0 Å². The highest BCUT2D eigenvalue weighted by Crippen LogP contribution is 2.27. The molecular weight excluding hydrogens is 359 g/mol. The molecule has 1 amide bonds. The van der Waals surface area contributed by atoms with Crippen LogP contribution in [0.1, 0.15) is 31.7 Å². The molecule has 4 nitrogen and oxygen atoms in total. The zero-order valence-corrected chi connectivity index (χ0v) is 15.5. The number of nitrogens with zero attached hydrogens (tertiary/aromatic N) is 1. The highest BCUT2D eigenvalue weighted by molar-refractivity contribution is 6.35. The predicted molar refractivity (Wildman–Crippen MR) is 103 cm³/mol. The van der Waals surface area contributed by atoms with Crippen LogP contribution in [0.3, 0.4) is 0 Å². The Morgan fingerprint density at radius 2 is 1.92 bits per heavy atom. The third-order valence-electron chi connectivity index (χ3n) is 3.44. The molecule has 2 aromatic rings. The number of halogens is 2. The van der Waals surface area contributed by atoms with Crippen LogP contribution in [0.4, 0.5) is 0 Å². The van der Waals surface area contributed by atoms with Crippen molar-refractivity contribution >= 4 is 34.8 Å². The third kappa shape index (κ3) is 6.40. The number of carbonyl (C=O) groups is 1. The Hall–Kier alpha value is -2.04. The predicted octanol–water partition coefficient (Wildman–Crippen LogP) is 5.08. The molecule has 2 rings (SSSR count). The van der Waals surface area contributed by atoms with E-state index < -0.39 is 0 Å². The number of amides is 1. The number of ether oxygens (including phenoxy) is 1. The standard InChI is InChI=1S/C19H20Cl2N2O2/c1-2-3-9-17(14-7-5-4-6-8-14)22-23-19(24)13-25-18-11-10-15(20)12-16(18)21/h4-8,10-12H,2-3,9,13H2,1H3,(H,23,24)/b22-17+. The van der Waals surface area contributed by atoms with Gasteiger partial charge in [0.05, 0.1) is 10.7 Å². The average molecular weight is 379 g/mol. The number of hydrogen-bond donors (Lipinski definition) is 1. The maximum Gasteiger partial charge on any atom is 0.277 e. The van der Waals surface area contributed by atoms with Crippen molar-refractivity contribution in [2.45, 2.75) is 26.2 Å². The first kappa shape index (κ1) is 19.3. The van der Waals surface area contributed by atoms with Gasteiger partial charge in [0.2, 0.25) is 0 Å². The van der Waals surface area contributed by atoms with Crippen LogP contribution >= 0.6 is 23.2 Å². The van der Waals surface area contributed by atoms with Crippen molar-refractivity contribution in [2.24, 2.45) is 5.10 Å². The topological polar surface area (TPSA) is 50.7 Å². The first-order valence-corrected chi connectivity index (χ1v) is 8.84. The summed E-state index contributed by atoms with van der Waals surface area (Å²) in [5.74, 6) is 0.0513. The van der Waals surface area contributed by atoms with Crippen LogP contribution in [-0.2, 0) is 4.79 Å². The van der Waals surface area contributed by atoms with Crippen molar-refractivity contribution in [1.29, 1.82) is 0 Å². The SMILES string of the molecule is CCCC/C(=N\NC(=O)COc1ccc(Cl)cc1Cl)c1ccccc1. The van der Waals surface area contributed by atoms with Crippen molar-refractivity contribution in [1.82, 2.24) is 5.43 Å². The zero-order chi connectivity index (χ0) is 18.1. The van der Waals surface area contributed by atoms with Crippen LogP contribution in [0.2, 0.25) is 10.0 Å². The second kappa shape index (κ2) is 10.1. The van der Waals surface area contributed by atoms with Crippen molar-refractivity contribution in [3.8, 4) is 5.75 Å². The molecule has 0 fully saturated rings. The second-order valence-corrected chi connectivity index (χ2v) is 6.27. The van der Waals surface area contributed by atoms with Gasteiger partial charge in [-0.15, -0.1) is 0 Å². The summed E-state index contributed by atoms with van der Waals surface area (Å²) < 4.78 is 5.40. The Morgan fingerprint density at radius 3 is 2.60 bits per heavy atom. The molecule has 0 saturated heterocycles. The minimum absolute atomic E-state index is 0.180. The lowest BCUT2D eigenvalue weighted by molar-refractivity contribution is -0.123. The van der Waals surface area contributed by atoms with Crippen LogP contribution in [0.15, 0.2) is 53.6 Å². The summed E-state index contributed by atoms with van der Waals surface area (Å²) in [6.45, 7) is 1.94. The molecule has 6 heteroatoms. The number of hydrazone groups is 1. The number of hydrogen-bond acceptors (Lipinski definition) is 3. The molecule has 25 heavy (non-hydrogen) atoms. The van der Waals surface area contributed by atoms with E-state index in [0.717, 1.165) is 30.5 Å². The number of carbonyl (C=O) groups excluding carboxylic acids is 1. The fourth-order valence-corrected chi connectivity index (χ4v) is 2.60. The van der Waals surface area contributed by atoms with E-state index in [1.807, 2.05) is 30.3 Å². The third-order valence-corrected chi connectivity index (χ3v) is 3.97. The van der Waals surface area contributed by atoms with E-state index in [4.69, 9.17) is 27.9 Å². The largest absolute Gasteiger partial charge is 0.482 e. The lowest BCUT2D eigenvalue weighted by Crippen LogP contribution is -2.26. The Bertz CT molecular complexity index is 733. The average Bonchev–Trinajstić information content (AvgIpc) is 2.62. The monoisotopic (exact) mass is 378 g/mol. The van der Waals surface area contributed by atoms with Crippen LogP contribution in [0.5, 0.6) is 5.75 Å². The van der Waals surface area contributed by atoms with Crippen molar-refractivity contribution in [2.75, 3.05) is 6.61 Å². The number of benzene rings is 2. The molecule has 0 atom stereocenters. The summed E-state index contributed by atoms with van der Waals surface area (Å²) in [5, 5.41) is 5.13. The molecule has 0 aliphatic rings. The molecule has 0 heterocycles. The van der Waals surface area contributed by atoms with Gasteiger partial charge in [-0.2, -0.15) is 5.10 Å². The first-order chi connectivity index (χ1) is 12.1. The lowest BCUT2D eigenvalue weighted by atomic mass is 10.1. The van der Waals surface area contributed by atoms with E-state index in [1.165, 1.54) is 0 Å². The Kier molecular flexibility index (Phi) is 7.76.